The predicted molar refractivity (Wildman–Crippen MR) is 66.1 cm³/mol. The highest BCUT2D eigenvalue weighted by Crippen LogP contribution is 2.22. The minimum atomic E-state index is -0.127. The fourth-order valence-electron chi connectivity index (χ4n) is 2.44. The van der Waals surface area contributed by atoms with Crippen LogP contribution in [-0.4, -0.2) is 54.2 Å². The predicted octanol–water partition coefficient (Wildman–Crippen LogP) is -0.175. The number of hydrogen-bond donors (Lipinski definition) is 1. The van der Waals surface area contributed by atoms with Crippen molar-refractivity contribution >= 4 is 5.91 Å². The first-order valence-corrected chi connectivity index (χ1v) is 6.30. The summed E-state index contributed by atoms with van der Waals surface area (Å²) in [6.45, 7) is 3.72. The van der Waals surface area contributed by atoms with E-state index in [-0.39, 0.29) is 11.5 Å². The summed E-state index contributed by atoms with van der Waals surface area (Å²) < 4.78 is 5.76. The molecule has 5 heteroatoms. The van der Waals surface area contributed by atoms with Gasteiger partial charge in [-0.05, 0) is 12.1 Å². The van der Waals surface area contributed by atoms with Crippen molar-refractivity contribution in [1.82, 2.24) is 15.2 Å². The van der Waals surface area contributed by atoms with Crippen molar-refractivity contribution in [3.8, 4) is 0 Å². The molecule has 0 bridgehead atoms. The second-order valence-electron chi connectivity index (χ2n) is 4.95. The molecule has 0 aliphatic carbocycles. The van der Waals surface area contributed by atoms with E-state index in [2.05, 4.69) is 10.3 Å². The lowest BCUT2D eigenvalue weighted by Gasteiger charge is -2.48. The number of carbonyl (C=O) groups excluding carboxylic acids is 1. The van der Waals surface area contributed by atoms with Gasteiger partial charge in [-0.3, -0.25) is 9.78 Å². The number of hydrogen-bond acceptors (Lipinski definition) is 4. The van der Waals surface area contributed by atoms with Gasteiger partial charge in [-0.15, -0.1) is 0 Å². The third-order valence-corrected chi connectivity index (χ3v) is 3.55. The normalized spacial score (nSPS) is 21.7. The fraction of sp³-hybridized carbons (Fsp3) is 0.538. The molecule has 3 rings (SSSR count). The fourth-order valence-corrected chi connectivity index (χ4v) is 2.44. The third kappa shape index (κ3) is 2.23. The molecule has 2 aliphatic heterocycles. The highest BCUT2D eigenvalue weighted by Gasteiger charge is 2.43. The molecule has 1 spiro atoms. The lowest BCUT2D eigenvalue weighted by molar-refractivity contribution is -0.159. The number of morpholine rings is 1. The molecule has 2 fully saturated rings. The van der Waals surface area contributed by atoms with Gasteiger partial charge in [-0.1, -0.05) is 6.07 Å². The summed E-state index contributed by atoms with van der Waals surface area (Å²) in [6.07, 6.45) is 2.10. The minimum Gasteiger partial charge on any atom is -0.369 e. The van der Waals surface area contributed by atoms with Crippen LogP contribution in [0.3, 0.4) is 0 Å². The molecule has 0 saturated carbocycles. The van der Waals surface area contributed by atoms with Crippen molar-refractivity contribution in [3.63, 3.8) is 0 Å². The molecule has 18 heavy (non-hydrogen) atoms. The third-order valence-electron chi connectivity index (χ3n) is 3.55. The smallest absolute Gasteiger partial charge is 0.228 e. The molecule has 96 valence electrons. The Morgan fingerprint density at radius 2 is 2.39 bits per heavy atom. The molecule has 1 aromatic rings. The molecule has 2 saturated heterocycles. The number of aromatic nitrogens is 1. The molecule has 3 heterocycles. The molecule has 2 aliphatic rings. The Hall–Kier alpha value is -1.46. The number of rotatable bonds is 2. The van der Waals surface area contributed by atoms with Gasteiger partial charge in [0.15, 0.2) is 0 Å². The maximum atomic E-state index is 12.2. The summed E-state index contributed by atoms with van der Waals surface area (Å²) in [5.74, 6) is 0.142. The molecule has 1 aromatic heterocycles. The van der Waals surface area contributed by atoms with Crippen LogP contribution in [0.25, 0.3) is 0 Å². The largest absolute Gasteiger partial charge is 0.369 e. The van der Waals surface area contributed by atoms with E-state index in [1.54, 1.807) is 6.20 Å². The summed E-state index contributed by atoms with van der Waals surface area (Å²) in [6, 6.07) is 5.66. The molecule has 1 N–H and O–H groups in total. The van der Waals surface area contributed by atoms with Crippen LogP contribution in [-0.2, 0) is 16.0 Å². The molecule has 0 unspecified atom stereocenters. The Bertz CT molecular complexity index is 431. The zero-order valence-electron chi connectivity index (χ0n) is 10.3. The van der Waals surface area contributed by atoms with E-state index >= 15 is 0 Å². The van der Waals surface area contributed by atoms with E-state index in [4.69, 9.17) is 4.74 Å². The van der Waals surface area contributed by atoms with Gasteiger partial charge in [-0.2, -0.15) is 0 Å². The summed E-state index contributed by atoms with van der Waals surface area (Å²) >= 11 is 0. The van der Waals surface area contributed by atoms with Gasteiger partial charge in [0.25, 0.3) is 0 Å². The van der Waals surface area contributed by atoms with Crippen molar-refractivity contribution in [2.75, 3.05) is 32.8 Å². The average molecular weight is 247 g/mol. The van der Waals surface area contributed by atoms with Crippen molar-refractivity contribution in [3.05, 3.63) is 30.1 Å². The topological polar surface area (TPSA) is 54.5 Å². The van der Waals surface area contributed by atoms with Crippen molar-refractivity contribution < 1.29 is 9.53 Å². The van der Waals surface area contributed by atoms with Crippen LogP contribution in [0.1, 0.15) is 5.69 Å². The van der Waals surface area contributed by atoms with Crippen LogP contribution in [0.4, 0.5) is 0 Å². The SMILES string of the molecule is O=C(Cc1ccccn1)N1CCOC2(CNC2)C1. The summed E-state index contributed by atoms with van der Waals surface area (Å²) in [7, 11) is 0. The first-order valence-electron chi connectivity index (χ1n) is 6.30. The lowest BCUT2D eigenvalue weighted by atomic mass is 9.94. The van der Waals surface area contributed by atoms with E-state index in [9.17, 15) is 4.79 Å². The van der Waals surface area contributed by atoms with Crippen LogP contribution >= 0.6 is 0 Å². The molecule has 0 aromatic carbocycles. The van der Waals surface area contributed by atoms with E-state index in [1.807, 2.05) is 23.1 Å². The van der Waals surface area contributed by atoms with E-state index < -0.39 is 0 Å². The standard InChI is InChI=1S/C13H17N3O2/c17-12(7-11-3-1-2-4-15-11)16-5-6-18-13(10-16)8-14-9-13/h1-4,14H,5-10H2. The number of carbonyl (C=O) groups is 1. The zero-order chi connectivity index (χ0) is 12.4. The van der Waals surface area contributed by atoms with Gasteiger partial charge in [0.05, 0.1) is 19.6 Å². The maximum absolute atomic E-state index is 12.2. The van der Waals surface area contributed by atoms with Gasteiger partial charge >= 0.3 is 0 Å². The Morgan fingerprint density at radius 3 is 3.06 bits per heavy atom. The summed E-state index contributed by atoms with van der Waals surface area (Å²) in [4.78, 5) is 18.3. The van der Waals surface area contributed by atoms with Gasteiger partial charge in [0.1, 0.15) is 5.60 Å². The van der Waals surface area contributed by atoms with Crippen LogP contribution in [0.2, 0.25) is 0 Å². The Kier molecular flexibility index (Phi) is 3.01. The zero-order valence-corrected chi connectivity index (χ0v) is 10.3. The first-order chi connectivity index (χ1) is 8.77. The van der Waals surface area contributed by atoms with Gasteiger partial charge in [-0.25, -0.2) is 0 Å². The quantitative estimate of drug-likeness (QED) is 0.788. The van der Waals surface area contributed by atoms with E-state index in [0.29, 0.717) is 26.1 Å². The second-order valence-corrected chi connectivity index (χ2v) is 4.95. The monoisotopic (exact) mass is 247 g/mol. The van der Waals surface area contributed by atoms with Crippen molar-refractivity contribution in [2.24, 2.45) is 0 Å². The Labute approximate surface area is 106 Å². The highest BCUT2D eigenvalue weighted by molar-refractivity contribution is 5.78. The number of amides is 1. The summed E-state index contributed by atoms with van der Waals surface area (Å²) in [5.41, 5.74) is 0.702. The van der Waals surface area contributed by atoms with Crippen molar-refractivity contribution in [1.29, 1.82) is 0 Å². The molecular formula is C13H17N3O2. The molecule has 0 atom stereocenters. The molecule has 1 amide bonds. The molecule has 5 nitrogen and oxygen atoms in total. The minimum absolute atomic E-state index is 0.127. The Balaban J connectivity index is 1.62. The maximum Gasteiger partial charge on any atom is 0.228 e. The van der Waals surface area contributed by atoms with Crippen LogP contribution in [0.15, 0.2) is 24.4 Å². The number of nitrogens with zero attached hydrogens (tertiary/aromatic N) is 2. The van der Waals surface area contributed by atoms with Crippen LogP contribution in [0.5, 0.6) is 0 Å². The summed E-state index contributed by atoms with van der Waals surface area (Å²) in [5, 5.41) is 3.21. The van der Waals surface area contributed by atoms with Crippen LogP contribution < -0.4 is 5.32 Å². The van der Waals surface area contributed by atoms with Gasteiger partial charge < -0.3 is 15.0 Å². The number of ether oxygens (including phenoxy) is 1. The molecule has 0 radical (unpaired) electrons. The second kappa shape index (κ2) is 4.66. The van der Waals surface area contributed by atoms with Gasteiger partial charge in [0.2, 0.25) is 5.91 Å². The average Bonchev–Trinajstić information content (AvgIpc) is 2.38. The van der Waals surface area contributed by atoms with Gasteiger partial charge in [0, 0.05) is 31.5 Å². The highest BCUT2D eigenvalue weighted by atomic mass is 16.5. The Morgan fingerprint density at radius 1 is 1.50 bits per heavy atom. The molecular weight excluding hydrogens is 230 g/mol. The van der Waals surface area contributed by atoms with Crippen LogP contribution in [0, 0.1) is 0 Å². The lowest BCUT2D eigenvalue weighted by Crippen LogP contribution is -2.69. The van der Waals surface area contributed by atoms with E-state index in [1.165, 1.54) is 0 Å². The first kappa shape index (κ1) is 11.6. The number of nitrogens with one attached hydrogen (secondary N) is 1. The number of pyridine rings is 1. The van der Waals surface area contributed by atoms with Crippen molar-refractivity contribution in [2.45, 2.75) is 12.0 Å². The van der Waals surface area contributed by atoms with E-state index in [0.717, 1.165) is 18.8 Å².